The molecule has 2 aliphatic heterocycles. The minimum Gasteiger partial charge on any atom is -0.480 e. The summed E-state index contributed by atoms with van der Waals surface area (Å²) in [5, 5.41) is 10.1. The maximum Gasteiger partial charge on any atom is 0.411 e. The molecule has 1 N–H and O–H groups in total. The van der Waals surface area contributed by atoms with Gasteiger partial charge in [0.25, 0.3) is 0 Å². The average Bonchev–Trinajstić information content (AvgIpc) is 3.14. The van der Waals surface area contributed by atoms with Gasteiger partial charge in [-0.2, -0.15) is 0 Å². The van der Waals surface area contributed by atoms with Crippen LogP contribution in [0.25, 0.3) is 0 Å². The van der Waals surface area contributed by atoms with Crippen LogP contribution >= 0.6 is 0 Å². The number of benzene rings is 3. The minimum absolute atomic E-state index is 0.362. The lowest BCUT2D eigenvalue weighted by atomic mass is 9.79. The van der Waals surface area contributed by atoms with E-state index in [1.165, 1.54) is 0 Å². The van der Waals surface area contributed by atoms with Crippen LogP contribution in [-0.4, -0.2) is 52.6 Å². The fourth-order valence-corrected chi connectivity index (χ4v) is 5.06. The largest absolute Gasteiger partial charge is 0.480 e. The van der Waals surface area contributed by atoms with Gasteiger partial charge in [-0.1, -0.05) is 91.0 Å². The van der Waals surface area contributed by atoms with Gasteiger partial charge < -0.3 is 9.84 Å². The summed E-state index contributed by atoms with van der Waals surface area (Å²) in [4.78, 5) is 29.0. The first kappa shape index (κ1) is 20.3. The van der Waals surface area contributed by atoms with Crippen molar-refractivity contribution in [2.75, 3.05) is 19.6 Å². The first-order valence-electron chi connectivity index (χ1n) is 10.7. The highest BCUT2D eigenvalue weighted by Gasteiger charge is 2.58. The van der Waals surface area contributed by atoms with E-state index in [0.717, 1.165) is 16.7 Å². The Morgan fingerprint density at radius 1 is 0.875 bits per heavy atom. The maximum atomic E-state index is 13.0. The predicted octanol–water partition coefficient (Wildman–Crippen LogP) is 3.89. The van der Waals surface area contributed by atoms with Gasteiger partial charge in [0.15, 0.2) is 5.60 Å². The van der Waals surface area contributed by atoms with Crippen LogP contribution < -0.4 is 0 Å². The van der Waals surface area contributed by atoms with Crippen molar-refractivity contribution in [1.29, 1.82) is 0 Å². The second-order valence-corrected chi connectivity index (χ2v) is 8.19. The molecule has 0 bridgehead atoms. The smallest absolute Gasteiger partial charge is 0.411 e. The van der Waals surface area contributed by atoms with E-state index in [4.69, 9.17) is 4.74 Å². The Hall–Kier alpha value is -3.64. The molecule has 0 radical (unpaired) electrons. The van der Waals surface area contributed by atoms with Crippen molar-refractivity contribution in [3.8, 4) is 0 Å². The van der Waals surface area contributed by atoms with Crippen LogP contribution in [0, 0.1) is 0 Å². The molecular formula is C26H24N2O4. The van der Waals surface area contributed by atoms with Crippen molar-refractivity contribution in [3.05, 3.63) is 108 Å². The minimum atomic E-state index is -1.02. The number of hydrogen-bond acceptors (Lipinski definition) is 4. The van der Waals surface area contributed by atoms with Crippen molar-refractivity contribution in [3.63, 3.8) is 0 Å². The maximum absolute atomic E-state index is 13.0. The van der Waals surface area contributed by atoms with Crippen LogP contribution in [0.2, 0.25) is 0 Å². The van der Waals surface area contributed by atoms with Gasteiger partial charge in [-0.3, -0.25) is 14.6 Å². The molecule has 0 spiro atoms. The Kier molecular flexibility index (Phi) is 5.15. The molecule has 0 saturated carbocycles. The number of rotatable bonds is 5. The number of carboxylic acids is 1. The Labute approximate surface area is 186 Å². The Balaban J connectivity index is 1.60. The van der Waals surface area contributed by atoms with E-state index in [0.29, 0.717) is 19.6 Å². The van der Waals surface area contributed by atoms with Gasteiger partial charge in [0.05, 0.1) is 6.04 Å². The topological polar surface area (TPSA) is 70.1 Å². The second-order valence-electron chi connectivity index (χ2n) is 8.19. The monoisotopic (exact) mass is 428 g/mol. The van der Waals surface area contributed by atoms with Crippen LogP contribution in [0.4, 0.5) is 4.79 Å². The molecule has 3 aromatic rings. The number of piperazine rings is 1. The molecule has 2 aliphatic rings. The summed E-state index contributed by atoms with van der Waals surface area (Å²) in [6, 6.07) is 27.5. The summed E-state index contributed by atoms with van der Waals surface area (Å²) in [6.07, 6.45) is -0.367. The van der Waals surface area contributed by atoms with Crippen molar-refractivity contribution in [2.45, 2.75) is 17.7 Å². The van der Waals surface area contributed by atoms with Gasteiger partial charge in [0.2, 0.25) is 0 Å². The van der Waals surface area contributed by atoms with Crippen LogP contribution in [0.1, 0.15) is 22.7 Å². The lowest BCUT2D eigenvalue weighted by Gasteiger charge is -2.43. The zero-order chi connectivity index (χ0) is 22.1. The fraction of sp³-hybridized carbons (Fsp3) is 0.231. The van der Waals surface area contributed by atoms with Gasteiger partial charge in [-0.15, -0.1) is 0 Å². The molecule has 32 heavy (non-hydrogen) atoms. The summed E-state index contributed by atoms with van der Waals surface area (Å²) in [6.45, 7) is 1.24. The van der Waals surface area contributed by atoms with Crippen molar-refractivity contribution >= 4 is 12.1 Å². The summed E-state index contributed by atoms with van der Waals surface area (Å²) in [5.41, 5.74) is 1.46. The lowest BCUT2D eigenvalue weighted by Crippen LogP contribution is -2.58. The van der Waals surface area contributed by atoms with E-state index in [9.17, 15) is 14.7 Å². The standard InChI is InChI=1S/C26H24N2O4/c29-24(30)23(19-10-4-1-5-11-19)27-16-17-28-22(18-27)26(32-25(28)31,20-12-6-2-7-13-20)21-14-8-3-9-15-21/h1-15,22-23H,16-18H2,(H,29,30). The van der Waals surface area contributed by atoms with Crippen molar-refractivity contribution in [2.24, 2.45) is 0 Å². The normalized spacial score (nSPS) is 20.9. The number of carbonyl (C=O) groups is 2. The van der Waals surface area contributed by atoms with Crippen molar-refractivity contribution in [1.82, 2.24) is 9.80 Å². The summed E-state index contributed by atoms with van der Waals surface area (Å²) in [7, 11) is 0. The SMILES string of the molecule is O=C(O)C(c1ccccc1)N1CCN2C(=O)OC(c3ccccc3)(c3ccccc3)C2C1. The molecule has 1 amide bonds. The third-order valence-electron chi connectivity index (χ3n) is 6.48. The molecule has 6 nitrogen and oxygen atoms in total. The van der Waals surface area contributed by atoms with E-state index in [2.05, 4.69) is 0 Å². The number of ether oxygens (including phenoxy) is 1. The van der Waals surface area contributed by atoms with E-state index >= 15 is 0 Å². The Morgan fingerprint density at radius 2 is 1.41 bits per heavy atom. The number of amides is 1. The van der Waals surface area contributed by atoms with Gasteiger partial charge in [0, 0.05) is 30.8 Å². The molecule has 2 saturated heterocycles. The highest BCUT2D eigenvalue weighted by molar-refractivity contribution is 5.76. The Bertz CT molecular complexity index is 1060. The number of carboxylic acid groups (broad SMARTS) is 1. The van der Waals surface area contributed by atoms with E-state index < -0.39 is 17.6 Å². The number of cyclic esters (lactones) is 1. The number of carbonyl (C=O) groups excluding carboxylic acids is 1. The summed E-state index contributed by atoms with van der Waals surface area (Å²) < 4.78 is 6.18. The molecule has 0 aliphatic carbocycles. The molecule has 5 rings (SSSR count). The van der Waals surface area contributed by atoms with E-state index in [1.807, 2.05) is 95.9 Å². The molecule has 162 valence electrons. The molecule has 2 fully saturated rings. The van der Waals surface area contributed by atoms with Crippen LogP contribution in [0.5, 0.6) is 0 Å². The van der Waals surface area contributed by atoms with Gasteiger partial charge in [-0.05, 0) is 5.56 Å². The quantitative estimate of drug-likeness (QED) is 0.668. The fourth-order valence-electron chi connectivity index (χ4n) is 5.06. The highest BCUT2D eigenvalue weighted by atomic mass is 16.6. The van der Waals surface area contributed by atoms with Crippen molar-refractivity contribution < 1.29 is 19.4 Å². The van der Waals surface area contributed by atoms with E-state index in [1.54, 1.807) is 4.90 Å². The molecule has 2 atom stereocenters. The summed E-state index contributed by atoms with van der Waals surface area (Å²) in [5.74, 6) is -0.903. The molecule has 6 heteroatoms. The van der Waals surface area contributed by atoms with Crippen LogP contribution in [-0.2, 0) is 15.1 Å². The molecule has 0 aromatic heterocycles. The number of aliphatic carboxylic acids is 1. The lowest BCUT2D eigenvalue weighted by molar-refractivity contribution is -0.145. The number of hydrogen-bond donors (Lipinski definition) is 1. The third kappa shape index (κ3) is 3.24. The molecular weight excluding hydrogens is 404 g/mol. The third-order valence-corrected chi connectivity index (χ3v) is 6.48. The second kappa shape index (κ2) is 8.13. The zero-order valence-electron chi connectivity index (χ0n) is 17.5. The molecule has 2 heterocycles. The Morgan fingerprint density at radius 3 is 1.94 bits per heavy atom. The number of nitrogens with zero attached hydrogens (tertiary/aromatic N) is 2. The van der Waals surface area contributed by atoms with Gasteiger partial charge in [0.1, 0.15) is 6.04 Å². The van der Waals surface area contributed by atoms with Gasteiger partial charge >= 0.3 is 12.1 Å². The highest BCUT2D eigenvalue weighted by Crippen LogP contribution is 2.46. The number of fused-ring (bicyclic) bond motifs is 1. The average molecular weight is 428 g/mol. The van der Waals surface area contributed by atoms with Crippen LogP contribution in [0.3, 0.4) is 0 Å². The predicted molar refractivity (Wildman–Crippen MR) is 119 cm³/mol. The first-order valence-corrected chi connectivity index (χ1v) is 10.7. The first-order chi connectivity index (χ1) is 15.6. The van der Waals surface area contributed by atoms with Gasteiger partial charge in [-0.25, -0.2) is 4.79 Å². The molecule has 2 unspecified atom stereocenters. The summed E-state index contributed by atoms with van der Waals surface area (Å²) >= 11 is 0. The zero-order valence-corrected chi connectivity index (χ0v) is 17.5. The van der Waals surface area contributed by atoms with E-state index in [-0.39, 0.29) is 12.1 Å². The molecule has 3 aromatic carbocycles. The van der Waals surface area contributed by atoms with Crippen LogP contribution in [0.15, 0.2) is 91.0 Å².